The maximum Gasteiger partial charge on any atom is 0.0859 e. The Morgan fingerprint density at radius 1 is 1.38 bits per heavy atom. The summed E-state index contributed by atoms with van der Waals surface area (Å²) in [5.74, 6) is 0. The lowest BCUT2D eigenvalue weighted by molar-refractivity contribution is 0.0847. The minimum Gasteiger partial charge on any atom is -0.381 e. The van der Waals surface area contributed by atoms with Crippen LogP contribution in [0, 0.1) is 0 Å². The van der Waals surface area contributed by atoms with E-state index < -0.39 is 0 Å². The van der Waals surface area contributed by atoms with E-state index in [9.17, 15) is 0 Å². The molecule has 1 aromatic rings. The molecule has 1 aliphatic rings. The summed E-state index contributed by atoms with van der Waals surface area (Å²) in [6.45, 7) is 3.16. The third-order valence-electron chi connectivity index (χ3n) is 3.33. The van der Waals surface area contributed by atoms with Crippen molar-refractivity contribution in [2.24, 2.45) is 0 Å². The number of methoxy groups -OCH3 is 1. The summed E-state index contributed by atoms with van der Waals surface area (Å²) < 4.78 is 7.54. The molecule has 1 unspecified atom stereocenters. The molecule has 4 nitrogen and oxygen atoms in total. The second-order valence-corrected chi connectivity index (χ2v) is 4.49. The zero-order valence-corrected chi connectivity index (χ0v) is 10.3. The molecule has 0 amide bonds. The third-order valence-corrected chi connectivity index (χ3v) is 3.33. The fraction of sp³-hybridized carbons (Fsp3) is 0.833. The minimum absolute atomic E-state index is 0.415. The average molecular weight is 223 g/mol. The molecule has 1 atom stereocenters. The van der Waals surface area contributed by atoms with Gasteiger partial charge in [-0.05, 0) is 38.5 Å². The molecule has 4 heteroatoms. The van der Waals surface area contributed by atoms with Gasteiger partial charge in [-0.25, -0.2) is 4.68 Å². The fourth-order valence-electron chi connectivity index (χ4n) is 2.40. The van der Waals surface area contributed by atoms with Crippen LogP contribution in [0.15, 0.2) is 0 Å². The van der Waals surface area contributed by atoms with Crippen molar-refractivity contribution in [2.45, 2.75) is 58.1 Å². The molecule has 0 aromatic carbocycles. The number of hydrogen-bond donors (Lipinski definition) is 0. The first-order valence-electron chi connectivity index (χ1n) is 6.29. The molecule has 0 radical (unpaired) electrons. The number of rotatable bonds is 3. The van der Waals surface area contributed by atoms with E-state index in [4.69, 9.17) is 4.74 Å². The van der Waals surface area contributed by atoms with Gasteiger partial charge in [-0.2, -0.15) is 0 Å². The summed E-state index contributed by atoms with van der Waals surface area (Å²) >= 11 is 0. The Morgan fingerprint density at radius 2 is 2.25 bits per heavy atom. The summed E-state index contributed by atoms with van der Waals surface area (Å²) in [6.07, 6.45) is 7.05. The molecule has 0 spiro atoms. The lowest BCUT2D eigenvalue weighted by Gasteiger charge is -2.18. The Balaban J connectivity index is 2.13. The molecule has 16 heavy (non-hydrogen) atoms. The normalized spacial score (nSPS) is 21.2. The molecule has 1 aliphatic carbocycles. The summed E-state index contributed by atoms with van der Waals surface area (Å²) in [7, 11) is 1.81. The Bertz CT molecular complexity index is 322. The van der Waals surface area contributed by atoms with Gasteiger partial charge in [-0.1, -0.05) is 12.1 Å². The van der Waals surface area contributed by atoms with E-state index in [2.05, 4.69) is 21.9 Å². The first kappa shape index (κ1) is 11.6. The van der Waals surface area contributed by atoms with Gasteiger partial charge in [0.15, 0.2) is 0 Å². The van der Waals surface area contributed by atoms with E-state index in [1.807, 2.05) is 7.11 Å². The van der Waals surface area contributed by atoms with Crippen LogP contribution in [0.25, 0.3) is 0 Å². The molecule has 0 aliphatic heterocycles. The van der Waals surface area contributed by atoms with Crippen molar-refractivity contribution in [2.75, 3.05) is 7.11 Å². The average Bonchev–Trinajstić information content (AvgIpc) is 2.61. The lowest BCUT2D eigenvalue weighted by atomic mass is 9.99. The van der Waals surface area contributed by atoms with Gasteiger partial charge in [0.1, 0.15) is 0 Å². The van der Waals surface area contributed by atoms with Crippen LogP contribution in [0.5, 0.6) is 0 Å². The van der Waals surface area contributed by atoms with Crippen molar-refractivity contribution in [1.29, 1.82) is 0 Å². The van der Waals surface area contributed by atoms with Crippen LogP contribution >= 0.6 is 0 Å². The first-order chi connectivity index (χ1) is 7.85. The van der Waals surface area contributed by atoms with Crippen molar-refractivity contribution in [3.8, 4) is 0 Å². The standard InChI is InChI=1S/C12H21N3O/c1-3-9-15-12-8-7-10(16-2)5-4-6-11(12)13-14-15/h10H,3-9H2,1-2H3. The number of fused-ring (bicyclic) bond motifs is 1. The van der Waals surface area contributed by atoms with Gasteiger partial charge in [0.25, 0.3) is 0 Å². The molecule has 0 saturated carbocycles. The number of aryl methyl sites for hydroxylation is 2. The van der Waals surface area contributed by atoms with E-state index >= 15 is 0 Å². The number of hydrogen-bond acceptors (Lipinski definition) is 3. The van der Waals surface area contributed by atoms with Crippen LogP contribution in [0.3, 0.4) is 0 Å². The predicted octanol–water partition coefficient (Wildman–Crippen LogP) is 1.97. The molecule has 0 saturated heterocycles. The zero-order valence-electron chi connectivity index (χ0n) is 10.3. The second-order valence-electron chi connectivity index (χ2n) is 4.49. The van der Waals surface area contributed by atoms with Gasteiger partial charge in [-0.3, -0.25) is 0 Å². The third kappa shape index (κ3) is 2.43. The largest absolute Gasteiger partial charge is 0.381 e. The highest BCUT2D eigenvalue weighted by Gasteiger charge is 2.18. The molecular formula is C12H21N3O. The van der Waals surface area contributed by atoms with E-state index in [-0.39, 0.29) is 0 Å². The number of ether oxygens (including phenoxy) is 1. The van der Waals surface area contributed by atoms with E-state index in [0.29, 0.717) is 6.10 Å². The Kier molecular flexibility index (Phi) is 3.93. The van der Waals surface area contributed by atoms with Crippen molar-refractivity contribution < 1.29 is 4.74 Å². The predicted molar refractivity (Wildman–Crippen MR) is 62.4 cm³/mol. The molecule has 0 fully saturated rings. The number of aromatic nitrogens is 3. The summed E-state index contributed by atoms with van der Waals surface area (Å²) in [6, 6.07) is 0. The molecule has 0 bridgehead atoms. The van der Waals surface area contributed by atoms with Crippen LogP contribution in [0.2, 0.25) is 0 Å². The molecule has 90 valence electrons. The molecule has 1 aromatic heterocycles. The van der Waals surface area contributed by atoms with Gasteiger partial charge < -0.3 is 4.74 Å². The fourth-order valence-corrected chi connectivity index (χ4v) is 2.40. The first-order valence-corrected chi connectivity index (χ1v) is 6.29. The van der Waals surface area contributed by atoms with Crippen molar-refractivity contribution in [1.82, 2.24) is 15.0 Å². The molecular weight excluding hydrogens is 202 g/mol. The Hall–Kier alpha value is -0.900. The maximum atomic E-state index is 5.47. The summed E-state index contributed by atoms with van der Waals surface area (Å²) in [4.78, 5) is 0. The molecule has 1 heterocycles. The van der Waals surface area contributed by atoms with Crippen molar-refractivity contribution >= 4 is 0 Å². The highest BCUT2D eigenvalue weighted by atomic mass is 16.5. The topological polar surface area (TPSA) is 39.9 Å². The Morgan fingerprint density at radius 3 is 3.00 bits per heavy atom. The van der Waals surface area contributed by atoms with E-state index in [1.54, 1.807) is 0 Å². The van der Waals surface area contributed by atoms with Crippen molar-refractivity contribution in [3.63, 3.8) is 0 Å². The van der Waals surface area contributed by atoms with Gasteiger partial charge >= 0.3 is 0 Å². The lowest BCUT2D eigenvalue weighted by Crippen LogP contribution is -2.17. The van der Waals surface area contributed by atoms with Gasteiger partial charge in [0, 0.05) is 13.7 Å². The highest BCUT2D eigenvalue weighted by Crippen LogP contribution is 2.20. The minimum atomic E-state index is 0.415. The molecule has 2 rings (SSSR count). The van der Waals surface area contributed by atoms with Crippen molar-refractivity contribution in [3.05, 3.63) is 11.4 Å². The van der Waals surface area contributed by atoms with E-state index in [0.717, 1.165) is 45.1 Å². The van der Waals surface area contributed by atoms with Crippen LogP contribution < -0.4 is 0 Å². The SMILES string of the molecule is CCCn1nnc2c1CCC(OC)CCC2. The number of nitrogens with zero attached hydrogens (tertiary/aromatic N) is 3. The maximum absolute atomic E-state index is 5.47. The second kappa shape index (κ2) is 5.43. The van der Waals surface area contributed by atoms with Gasteiger partial charge in [0.05, 0.1) is 17.5 Å². The highest BCUT2D eigenvalue weighted by molar-refractivity contribution is 5.12. The van der Waals surface area contributed by atoms with E-state index in [1.165, 1.54) is 11.4 Å². The van der Waals surface area contributed by atoms with Crippen LogP contribution in [0.4, 0.5) is 0 Å². The van der Waals surface area contributed by atoms with Crippen LogP contribution in [-0.2, 0) is 24.1 Å². The summed E-state index contributed by atoms with van der Waals surface area (Å²) in [5.41, 5.74) is 2.55. The summed E-state index contributed by atoms with van der Waals surface area (Å²) in [5, 5.41) is 8.55. The smallest absolute Gasteiger partial charge is 0.0859 e. The zero-order chi connectivity index (χ0) is 11.4. The van der Waals surface area contributed by atoms with Crippen LogP contribution in [0.1, 0.15) is 44.0 Å². The van der Waals surface area contributed by atoms with Gasteiger partial charge in [-0.15, -0.1) is 5.10 Å². The quantitative estimate of drug-likeness (QED) is 0.786. The van der Waals surface area contributed by atoms with Crippen LogP contribution in [-0.4, -0.2) is 28.2 Å². The monoisotopic (exact) mass is 223 g/mol. The van der Waals surface area contributed by atoms with Gasteiger partial charge in [0.2, 0.25) is 0 Å². The molecule has 0 N–H and O–H groups in total. The Labute approximate surface area is 97.0 Å².